The van der Waals surface area contributed by atoms with E-state index in [1.807, 2.05) is 31.2 Å². The van der Waals surface area contributed by atoms with Crippen molar-refractivity contribution in [1.29, 1.82) is 0 Å². The third-order valence-electron chi connectivity index (χ3n) is 5.11. The fourth-order valence-electron chi connectivity index (χ4n) is 3.38. The first-order valence-corrected chi connectivity index (χ1v) is 9.92. The van der Waals surface area contributed by atoms with Crippen LogP contribution >= 0.6 is 0 Å². The topological polar surface area (TPSA) is 88.6 Å². The van der Waals surface area contributed by atoms with Gasteiger partial charge in [0.05, 0.1) is 11.1 Å². The summed E-state index contributed by atoms with van der Waals surface area (Å²) in [5, 5.41) is 2.71. The van der Waals surface area contributed by atoms with Crippen LogP contribution in [0.25, 0.3) is 0 Å². The molecule has 3 amide bonds. The van der Waals surface area contributed by atoms with Crippen LogP contribution in [0.15, 0.2) is 66.9 Å². The number of aryl methyl sites for hydroxylation is 1. The van der Waals surface area contributed by atoms with Crippen LogP contribution in [0.3, 0.4) is 0 Å². The van der Waals surface area contributed by atoms with Crippen LogP contribution in [-0.2, 0) is 11.4 Å². The highest BCUT2D eigenvalue weighted by molar-refractivity contribution is 6.21. The molecule has 3 aromatic rings. The largest absolute Gasteiger partial charge is 0.485 e. The third kappa shape index (κ3) is 4.30. The number of anilines is 1. The van der Waals surface area contributed by atoms with E-state index in [1.54, 1.807) is 42.6 Å². The summed E-state index contributed by atoms with van der Waals surface area (Å²) in [7, 11) is 0. The van der Waals surface area contributed by atoms with Gasteiger partial charge in [0.2, 0.25) is 5.91 Å². The molecule has 0 saturated carbocycles. The SMILES string of the molecule is Cc1ccccc1COc1cccnc1NC(=O)CCN1C(=O)c2ccccc2C1=O. The van der Waals surface area contributed by atoms with Crippen LogP contribution in [0.4, 0.5) is 5.82 Å². The van der Waals surface area contributed by atoms with Crippen LogP contribution in [0.2, 0.25) is 0 Å². The Morgan fingerprint density at radius 1 is 0.968 bits per heavy atom. The maximum Gasteiger partial charge on any atom is 0.261 e. The van der Waals surface area contributed by atoms with E-state index < -0.39 is 0 Å². The van der Waals surface area contributed by atoms with Crippen molar-refractivity contribution in [1.82, 2.24) is 9.88 Å². The monoisotopic (exact) mass is 415 g/mol. The Morgan fingerprint density at radius 2 is 1.65 bits per heavy atom. The Kier molecular flexibility index (Phi) is 5.75. The van der Waals surface area contributed by atoms with Crippen molar-refractivity contribution in [3.05, 3.63) is 89.1 Å². The number of imide groups is 1. The first-order chi connectivity index (χ1) is 15.0. The van der Waals surface area contributed by atoms with Crippen molar-refractivity contribution < 1.29 is 19.1 Å². The second-order valence-corrected chi connectivity index (χ2v) is 7.17. The van der Waals surface area contributed by atoms with Crippen LogP contribution < -0.4 is 10.1 Å². The summed E-state index contributed by atoms with van der Waals surface area (Å²) in [4.78, 5) is 42.6. The summed E-state index contributed by atoms with van der Waals surface area (Å²) in [5.74, 6) is -0.388. The summed E-state index contributed by atoms with van der Waals surface area (Å²) in [6, 6.07) is 18.0. The molecule has 1 aromatic heterocycles. The fraction of sp³-hybridized carbons (Fsp3) is 0.167. The highest BCUT2D eigenvalue weighted by Crippen LogP contribution is 2.24. The maximum absolute atomic E-state index is 12.5. The van der Waals surface area contributed by atoms with Gasteiger partial charge in [0.1, 0.15) is 6.61 Å². The average Bonchev–Trinajstić information content (AvgIpc) is 3.03. The highest BCUT2D eigenvalue weighted by Gasteiger charge is 2.35. The van der Waals surface area contributed by atoms with E-state index in [4.69, 9.17) is 4.74 Å². The second-order valence-electron chi connectivity index (χ2n) is 7.17. The van der Waals surface area contributed by atoms with E-state index in [1.165, 1.54) is 0 Å². The molecule has 0 fully saturated rings. The van der Waals surface area contributed by atoms with Gasteiger partial charge in [0, 0.05) is 19.2 Å². The van der Waals surface area contributed by atoms with Gasteiger partial charge in [-0.1, -0.05) is 36.4 Å². The number of nitrogens with one attached hydrogen (secondary N) is 1. The quantitative estimate of drug-likeness (QED) is 0.596. The molecule has 0 unspecified atom stereocenters. The van der Waals surface area contributed by atoms with Gasteiger partial charge in [-0.15, -0.1) is 0 Å². The molecule has 1 aliphatic rings. The van der Waals surface area contributed by atoms with Crippen LogP contribution in [-0.4, -0.2) is 34.2 Å². The zero-order valence-corrected chi connectivity index (χ0v) is 17.0. The van der Waals surface area contributed by atoms with Crippen molar-refractivity contribution >= 4 is 23.5 Å². The Labute approximate surface area is 179 Å². The zero-order valence-electron chi connectivity index (χ0n) is 17.0. The molecule has 0 radical (unpaired) electrons. The lowest BCUT2D eigenvalue weighted by atomic mass is 10.1. The second kappa shape index (κ2) is 8.79. The molecule has 31 heavy (non-hydrogen) atoms. The molecular weight excluding hydrogens is 394 g/mol. The van der Waals surface area contributed by atoms with Crippen molar-refractivity contribution in [3.63, 3.8) is 0 Å². The lowest BCUT2D eigenvalue weighted by Gasteiger charge is -2.15. The first-order valence-electron chi connectivity index (χ1n) is 9.92. The van der Waals surface area contributed by atoms with Gasteiger partial charge in [-0.2, -0.15) is 0 Å². The van der Waals surface area contributed by atoms with E-state index in [-0.39, 0.29) is 30.7 Å². The number of rotatable bonds is 7. The van der Waals surface area contributed by atoms with Crippen molar-refractivity contribution in [3.8, 4) is 5.75 Å². The molecule has 0 atom stereocenters. The van der Waals surface area contributed by atoms with Crippen LogP contribution in [0, 0.1) is 6.92 Å². The summed E-state index contributed by atoms with van der Waals surface area (Å²) < 4.78 is 5.86. The minimum atomic E-state index is -0.381. The number of carbonyl (C=O) groups excluding carboxylic acids is 3. The molecule has 4 rings (SSSR count). The molecule has 7 heteroatoms. The minimum Gasteiger partial charge on any atom is -0.485 e. The third-order valence-corrected chi connectivity index (χ3v) is 5.11. The van der Waals surface area contributed by atoms with Crippen molar-refractivity contribution in [2.45, 2.75) is 20.0 Å². The molecule has 7 nitrogen and oxygen atoms in total. The van der Waals surface area contributed by atoms with E-state index in [9.17, 15) is 14.4 Å². The van der Waals surface area contributed by atoms with E-state index in [0.717, 1.165) is 16.0 Å². The average molecular weight is 415 g/mol. The molecule has 156 valence electrons. The summed E-state index contributed by atoms with van der Waals surface area (Å²) in [6.07, 6.45) is 1.51. The highest BCUT2D eigenvalue weighted by atomic mass is 16.5. The van der Waals surface area contributed by atoms with Crippen molar-refractivity contribution in [2.75, 3.05) is 11.9 Å². The van der Waals surface area contributed by atoms with Gasteiger partial charge in [-0.05, 0) is 42.3 Å². The van der Waals surface area contributed by atoms with E-state index in [2.05, 4.69) is 10.3 Å². The Balaban J connectivity index is 1.37. The summed E-state index contributed by atoms with van der Waals surface area (Å²) >= 11 is 0. The zero-order chi connectivity index (χ0) is 21.8. The Bertz CT molecular complexity index is 1120. The number of carbonyl (C=O) groups is 3. The molecular formula is C24H21N3O4. The van der Waals surface area contributed by atoms with Crippen molar-refractivity contribution in [2.24, 2.45) is 0 Å². The first kappa shape index (κ1) is 20.3. The molecule has 0 aliphatic carbocycles. The summed E-state index contributed by atoms with van der Waals surface area (Å²) in [6.45, 7) is 2.34. The van der Waals surface area contributed by atoms with E-state index >= 15 is 0 Å². The number of hydrogen-bond acceptors (Lipinski definition) is 5. The molecule has 2 heterocycles. The van der Waals surface area contributed by atoms with Gasteiger partial charge < -0.3 is 10.1 Å². The lowest BCUT2D eigenvalue weighted by Crippen LogP contribution is -2.33. The predicted octanol–water partition coefficient (Wildman–Crippen LogP) is 3.59. The molecule has 0 saturated heterocycles. The van der Waals surface area contributed by atoms with Gasteiger partial charge in [0.15, 0.2) is 11.6 Å². The molecule has 2 aromatic carbocycles. The Morgan fingerprint density at radius 3 is 2.35 bits per heavy atom. The van der Waals surface area contributed by atoms with Gasteiger partial charge in [-0.25, -0.2) is 4.98 Å². The van der Waals surface area contributed by atoms with Gasteiger partial charge in [-0.3, -0.25) is 19.3 Å². The number of amides is 3. The number of fused-ring (bicyclic) bond motifs is 1. The van der Waals surface area contributed by atoms with Gasteiger partial charge >= 0.3 is 0 Å². The lowest BCUT2D eigenvalue weighted by molar-refractivity contribution is -0.116. The van der Waals surface area contributed by atoms with Crippen LogP contribution in [0.1, 0.15) is 38.3 Å². The predicted molar refractivity (Wildman–Crippen MR) is 115 cm³/mol. The maximum atomic E-state index is 12.5. The molecule has 0 spiro atoms. The van der Waals surface area contributed by atoms with Gasteiger partial charge in [0.25, 0.3) is 11.8 Å². The minimum absolute atomic E-state index is 0.00951. The number of pyridine rings is 1. The standard InChI is InChI=1S/C24H21N3O4/c1-16-7-2-3-8-17(16)15-31-20-11-6-13-25-22(20)26-21(28)12-14-27-23(29)18-9-4-5-10-19(18)24(27)30/h2-11,13H,12,14-15H2,1H3,(H,25,26,28). The molecule has 1 aliphatic heterocycles. The number of aromatic nitrogens is 1. The normalized spacial score (nSPS) is 12.6. The smallest absolute Gasteiger partial charge is 0.261 e. The number of benzene rings is 2. The number of nitrogens with zero attached hydrogens (tertiary/aromatic N) is 2. The molecule has 0 bridgehead atoms. The fourth-order valence-corrected chi connectivity index (χ4v) is 3.38. The van der Waals surface area contributed by atoms with Crippen LogP contribution in [0.5, 0.6) is 5.75 Å². The number of hydrogen-bond donors (Lipinski definition) is 1. The summed E-state index contributed by atoms with van der Waals surface area (Å²) in [5.41, 5.74) is 2.88. The van der Waals surface area contributed by atoms with E-state index in [0.29, 0.717) is 29.3 Å². The Hall–Kier alpha value is -4.00. The molecule has 1 N–H and O–H groups in total. The number of ether oxygens (including phenoxy) is 1.